The van der Waals surface area contributed by atoms with Crippen molar-refractivity contribution in [1.29, 1.82) is 0 Å². The Morgan fingerprint density at radius 2 is 1.85 bits per heavy atom. The first-order valence-corrected chi connectivity index (χ1v) is 12.7. The second-order valence-corrected chi connectivity index (χ2v) is 10.3. The summed E-state index contributed by atoms with van der Waals surface area (Å²) in [5.41, 5.74) is 5.28. The van der Waals surface area contributed by atoms with Gasteiger partial charge in [0, 0.05) is 61.3 Å². The highest BCUT2D eigenvalue weighted by atomic mass is 19.4. The zero-order valence-electron chi connectivity index (χ0n) is 20.7. The molecule has 0 radical (unpaired) electrons. The van der Waals surface area contributed by atoms with Crippen molar-refractivity contribution in [1.82, 2.24) is 24.4 Å². The van der Waals surface area contributed by atoms with Crippen molar-refractivity contribution >= 4 is 17.8 Å². The number of amides is 2. The third-order valence-electron chi connectivity index (χ3n) is 7.50. The highest BCUT2D eigenvalue weighted by Crippen LogP contribution is 2.38. The molecule has 0 spiro atoms. The molecule has 3 heterocycles. The molecule has 1 aliphatic heterocycles. The maximum Gasteiger partial charge on any atom is 0.419 e. The number of aromatic nitrogens is 4. The summed E-state index contributed by atoms with van der Waals surface area (Å²) in [7, 11) is 0. The van der Waals surface area contributed by atoms with Crippen LogP contribution in [0.4, 0.5) is 23.5 Å². The quantitative estimate of drug-likeness (QED) is 0.462. The van der Waals surface area contributed by atoms with Crippen LogP contribution in [0.1, 0.15) is 36.2 Å². The van der Waals surface area contributed by atoms with Gasteiger partial charge in [-0.05, 0) is 43.5 Å². The van der Waals surface area contributed by atoms with Gasteiger partial charge in [-0.1, -0.05) is 0 Å². The van der Waals surface area contributed by atoms with E-state index in [2.05, 4.69) is 20.3 Å². The number of nitrogens with two attached hydrogens (primary N) is 1. The fraction of sp³-hybridized carbons (Fsp3) is 0.423. The number of nitrogens with zero attached hydrogens (tertiary/aromatic N) is 5. The molecule has 204 valence electrons. The molecule has 3 N–H and O–H groups in total. The number of likely N-dealkylation sites (tertiary alicyclic amines) is 1. The molecule has 2 aromatic heterocycles. The van der Waals surface area contributed by atoms with Crippen LogP contribution in [0.2, 0.25) is 0 Å². The number of fused-ring (bicyclic) bond motifs is 1. The van der Waals surface area contributed by atoms with Crippen molar-refractivity contribution in [3.8, 4) is 17.2 Å². The van der Waals surface area contributed by atoms with Gasteiger partial charge in [-0.25, -0.2) is 14.4 Å². The zero-order valence-corrected chi connectivity index (χ0v) is 20.7. The molecule has 3 aliphatic rings. The Kier molecular flexibility index (Phi) is 6.03. The van der Waals surface area contributed by atoms with E-state index in [0.717, 1.165) is 31.4 Å². The molecule has 3 aromatic rings. The van der Waals surface area contributed by atoms with E-state index in [0.29, 0.717) is 30.3 Å². The summed E-state index contributed by atoms with van der Waals surface area (Å²) >= 11 is 0. The summed E-state index contributed by atoms with van der Waals surface area (Å²) in [4.78, 5) is 39.6. The van der Waals surface area contributed by atoms with Crippen molar-refractivity contribution in [3.05, 3.63) is 53.2 Å². The van der Waals surface area contributed by atoms with E-state index in [1.807, 2.05) is 4.90 Å². The normalized spacial score (nSPS) is 20.8. The largest absolute Gasteiger partial charge is 0.419 e. The second kappa shape index (κ2) is 9.31. The topological polar surface area (TPSA) is 119 Å². The minimum atomic E-state index is -4.89. The molecular formula is C26H25F4N7O2. The molecule has 2 aliphatic carbocycles. The Labute approximate surface area is 220 Å². The van der Waals surface area contributed by atoms with Crippen LogP contribution in [0.25, 0.3) is 17.2 Å². The number of anilines is 1. The molecule has 6 rings (SSSR count). The smallest absolute Gasteiger partial charge is 0.369 e. The fourth-order valence-electron chi connectivity index (χ4n) is 5.33. The van der Waals surface area contributed by atoms with Crippen molar-refractivity contribution in [3.63, 3.8) is 0 Å². The monoisotopic (exact) mass is 543 g/mol. The average Bonchev–Trinajstić information content (AvgIpc) is 3.32. The van der Waals surface area contributed by atoms with Crippen molar-refractivity contribution in [2.45, 2.75) is 44.3 Å². The number of carbonyl (C=O) groups is 2. The maximum absolute atomic E-state index is 14.0. The number of nitrogens with one attached hydrogen (secondary N) is 1. The standard InChI is InChI=1S/C26H25F4N7O2/c27-18-4-3-14(9-17(18)26(28,29)30)23-34-19-10-15(22(31)38)11-20(19)37(23)21-5-7-32-25(35-21)33-16-6-8-36(12-16)24(39)13-1-2-13/h3-5,7,9,13,15-16H,1-2,6,8,10-12H2,(H2,31,38)(H,32,33,35)/t15?,16-/m0/s1. The number of rotatable bonds is 6. The van der Waals surface area contributed by atoms with Gasteiger partial charge in [0.1, 0.15) is 17.5 Å². The number of hydrogen-bond acceptors (Lipinski definition) is 6. The molecule has 2 fully saturated rings. The number of carbonyl (C=O) groups excluding carboxylic acids is 2. The average molecular weight is 544 g/mol. The second-order valence-electron chi connectivity index (χ2n) is 10.3. The van der Waals surface area contributed by atoms with Gasteiger partial charge in [-0.15, -0.1) is 0 Å². The number of benzene rings is 1. The first kappa shape index (κ1) is 25.3. The summed E-state index contributed by atoms with van der Waals surface area (Å²) < 4.78 is 56.0. The molecule has 2 atom stereocenters. The highest BCUT2D eigenvalue weighted by Gasteiger charge is 2.38. The lowest BCUT2D eigenvalue weighted by Crippen LogP contribution is -2.32. The zero-order chi connectivity index (χ0) is 27.5. The van der Waals surface area contributed by atoms with Crippen LogP contribution in [-0.4, -0.2) is 55.4 Å². The molecule has 9 nitrogen and oxygen atoms in total. The van der Waals surface area contributed by atoms with Gasteiger partial charge in [-0.3, -0.25) is 14.2 Å². The van der Waals surface area contributed by atoms with E-state index in [9.17, 15) is 27.2 Å². The van der Waals surface area contributed by atoms with Gasteiger partial charge < -0.3 is 16.0 Å². The van der Waals surface area contributed by atoms with E-state index in [4.69, 9.17) is 5.73 Å². The number of imidazole rings is 1. The van der Waals surface area contributed by atoms with Crippen LogP contribution < -0.4 is 11.1 Å². The first-order chi connectivity index (χ1) is 18.6. The Balaban J connectivity index is 1.35. The van der Waals surface area contributed by atoms with Gasteiger partial charge >= 0.3 is 6.18 Å². The van der Waals surface area contributed by atoms with E-state index in [1.54, 1.807) is 10.6 Å². The predicted octanol–water partition coefficient (Wildman–Crippen LogP) is 3.11. The molecule has 1 unspecified atom stereocenters. The maximum atomic E-state index is 14.0. The van der Waals surface area contributed by atoms with E-state index < -0.39 is 29.4 Å². The Bertz CT molecular complexity index is 1470. The van der Waals surface area contributed by atoms with Gasteiger partial charge in [0.25, 0.3) is 0 Å². The summed E-state index contributed by atoms with van der Waals surface area (Å²) in [6.45, 7) is 1.18. The van der Waals surface area contributed by atoms with Crippen LogP contribution in [-0.2, 0) is 28.6 Å². The van der Waals surface area contributed by atoms with Crippen molar-refractivity contribution in [2.24, 2.45) is 17.6 Å². The van der Waals surface area contributed by atoms with E-state index in [-0.39, 0.29) is 48.0 Å². The lowest BCUT2D eigenvalue weighted by Gasteiger charge is -2.17. The van der Waals surface area contributed by atoms with E-state index >= 15 is 0 Å². The van der Waals surface area contributed by atoms with Crippen LogP contribution in [0, 0.1) is 17.7 Å². The number of alkyl halides is 3. The van der Waals surface area contributed by atoms with Gasteiger partial charge in [-0.2, -0.15) is 18.2 Å². The SMILES string of the molecule is NC(=O)C1Cc2nc(-c3ccc(F)c(C(F)(F)F)c3)n(-c3ccnc(N[C@H]4CCN(C(=O)C5CC5)C4)n3)c2C1. The summed E-state index contributed by atoms with van der Waals surface area (Å²) in [5, 5.41) is 3.26. The fourth-order valence-corrected chi connectivity index (χ4v) is 5.33. The summed E-state index contributed by atoms with van der Waals surface area (Å²) in [5.74, 6) is -1.33. The number of halogens is 4. The minimum Gasteiger partial charge on any atom is -0.369 e. The molecule has 1 saturated heterocycles. The van der Waals surface area contributed by atoms with Gasteiger partial charge in [0.2, 0.25) is 17.8 Å². The minimum absolute atomic E-state index is 0.0481. The Morgan fingerprint density at radius 3 is 2.56 bits per heavy atom. The van der Waals surface area contributed by atoms with E-state index in [1.165, 1.54) is 12.3 Å². The van der Waals surface area contributed by atoms with Crippen LogP contribution >= 0.6 is 0 Å². The first-order valence-electron chi connectivity index (χ1n) is 12.7. The van der Waals surface area contributed by atoms with Crippen LogP contribution in [0.15, 0.2) is 30.5 Å². The molecular weight excluding hydrogens is 518 g/mol. The molecule has 0 bridgehead atoms. The highest BCUT2D eigenvalue weighted by molar-refractivity contribution is 5.81. The molecule has 1 saturated carbocycles. The van der Waals surface area contributed by atoms with Gasteiger partial charge in [0.15, 0.2) is 0 Å². The molecule has 2 amide bonds. The van der Waals surface area contributed by atoms with Crippen LogP contribution in [0.5, 0.6) is 0 Å². The van der Waals surface area contributed by atoms with Crippen LogP contribution in [0.3, 0.4) is 0 Å². The van der Waals surface area contributed by atoms with Gasteiger partial charge in [0.05, 0.1) is 11.3 Å². The number of hydrogen-bond donors (Lipinski definition) is 2. The lowest BCUT2D eigenvalue weighted by molar-refractivity contribution is -0.140. The Morgan fingerprint density at radius 1 is 1.05 bits per heavy atom. The molecule has 39 heavy (non-hydrogen) atoms. The Hall–Kier alpha value is -4.03. The summed E-state index contributed by atoms with van der Waals surface area (Å²) in [6, 6.07) is 4.24. The summed E-state index contributed by atoms with van der Waals surface area (Å²) in [6.07, 6.45) is -0.307. The lowest BCUT2D eigenvalue weighted by atomic mass is 10.1. The van der Waals surface area contributed by atoms with Crippen molar-refractivity contribution < 1.29 is 27.2 Å². The molecule has 13 heteroatoms. The van der Waals surface area contributed by atoms with Crippen molar-refractivity contribution in [2.75, 3.05) is 18.4 Å². The molecule has 1 aromatic carbocycles. The third-order valence-corrected chi connectivity index (χ3v) is 7.50. The number of primary amides is 1. The predicted molar refractivity (Wildman–Crippen MR) is 131 cm³/mol. The third kappa shape index (κ3) is 4.81.